The minimum Gasteiger partial charge on any atom is -0.486 e. The number of rotatable bonds is 5. The molecule has 1 amide bonds. The van der Waals surface area contributed by atoms with E-state index in [4.69, 9.17) is 14.2 Å². The zero-order chi connectivity index (χ0) is 21.1. The van der Waals surface area contributed by atoms with E-state index < -0.39 is 18.0 Å². The first-order chi connectivity index (χ1) is 14.5. The van der Waals surface area contributed by atoms with Crippen LogP contribution in [0.25, 0.3) is 5.69 Å². The van der Waals surface area contributed by atoms with Crippen LogP contribution in [-0.2, 0) is 9.53 Å². The highest BCUT2D eigenvalue weighted by molar-refractivity contribution is 5.97. The van der Waals surface area contributed by atoms with E-state index in [1.54, 1.807) is 29.8 Å². The van der Waals surface area contributed by atoms with Gasteiger partial charge in [0.1, 0.15) is 18.8 Å². The van der Waals surface area contributed by atoms with Gasteiger partial charge in [0, 0.05) is 11.8 Å². The van der Waals surface area contributed by atoms with Crippen molar-refractivity contribution in [1.82, 2.24) is 9.78 Å². The normalized spacial score (nSPS) is 13.4. The summed E-state index contributed by atoms with van der Waals surface area (Å²) in [5.74, 6) is 0.130. The van der Waals surface area contributed by atoms with Gasteiger partial charge in [-0.15, -0.1) is 0 Å². The van der Waals surface area contributed by atoms with Crippen LogP contribution in [0.1, 0.15) is 23.0 Å². The molecule has 1 aliphatic rings. The fraction of sp³-hybridized carbons (Fsp3) is 0.227. The number of carbonyl (C=O) groups excluding carboxylic acids is 2. The first-order valence-corrected chi connectivity index (χ1v) is 9.54. The molecule has 0 spiro atoms. The number of nitrogens with one attached hydrogen (secondary N) is 1. The Balaban J connectivity index is 1.41. The van der Waals surface area contributed by atoms with Gasteiger partial charge in [-0.2, -0.15) is 5.10 Å². The van der Waals surface area contributed by atoms with Crippen LogP contribution in [0.3, 0.4) is 0 Å². The number of hydrogen-bond acceptors (Lipinski definition) is 6. The van der Waals surface area contributed by atoms with E-state index in [0.29, 0.717) is 41.7 Å². The molecule has 1 unspecified atom stereocenters. The summed E-state index contributed by atoms with van der Waals surface area (Å²) in [5.41, 5.74) is 2.29. The topological polar surface area (TPSA) is 91.7 Å². The summed E-state index contributed by atoms with van der Waals surface area (Å²) < 4.78 is 18.0. The van der Waals surface area contributed by atoms with Crippen molar-refractivity contribution < 1.29 is 23.8 Å². The number of fused-ring (bicyclic) bond motifs is 1. The molecule has 8 nitrogen and oxygen atoms in total. The third-order valence-corrected chi connectivity index (χ3v) is 4.69. The monoisotopic (exact) mass is 407 g/mol. The van der Waals surface area contributed by atoms with E-state index in [0.717, 1.165) is 5.69 Å². The zero-order valence-electron chi connectivity index (χ0n) is 16.6. The van der Waals surface area contributed by atoms with E-state index in [2.05, 4.69) is 10.4 Å². The summed E-state index contributed by atoms with van der Waals surface area (Å²) in [6, 6.07) is 14.6. The van der Waals surface area contributed by atoms with Crippen LogP contribution in [0.2, 0.25) is 0 Å². The molecule has 4 rings (SSSR count). The Kier molecular flexibility index (Phi) is 5.38. The van der Waals surface area contributed by atoms with Crippen molar-refractivity contribution in [3.05, 3.63) is 66.0 Å². The summed E-state index contributed by atoms with van der Waals surface area (Å²) in [6.07, 6.45) is 0.445. The van der Waals surface area contributed by atoms with Gasteiger partial charge in [0.2, 0.25) is 0 Å². The lowest BCUT2D eigenvalue weighted by molar-refractivity contribution is -0.123. The highest BCUT2D eigenvalue weighted by Crippen LogP contribution is 2.32. The van der Waals surface area contributed by atoms with Gasteiger partial charge in [-0.1, -0.05) is 18.2 Å². The van der Waals surface area contributed by atoms with Crippen molar-refractivity contribution in [1.29, 1.82) is 0 Å². The van der Waals surface area contributed by atoms with E-state index >= 15 is 0 Å². The molecule has 0 radical (unpaired) electrons. The number of anilines is 1. The van der Waals surface area contributed by atoms with Crippen molar-refractivity contribution in [2.45, 2.75) is 20.0 Å². The standard InChI is InChI=1S/C22H21N3O5/c1-14-18(13-23-25(14)17-6-4-3-5-7-17)22(27)30-15(2)21(26)24-16-8-9-19-20(12-16)29-11-10-28-19/h3-9,12-13,15H,10-11H2,1-2H3,(H,24,26). The Morgan fingerprint density at radius 2 is 1.83 bits per heavy atom. The largest absolute Gasteiger partial charge is 0.486 e. The van der Waals surface area contributed by atoms with Gasteiger partial charge in [0.05, 0.1) is 17.6 Å². The minimum absolute atomic E-state index is 0.304. The number of para-hydroxylation sites is 1. The fourth-order valence-electron chi connectivity index (χ4n) is 3.08. The van der Waals surface area contributed by atoms with Gasteiger partial charge < -0.3 is 19.5 Å². The van der Waals surface area contributed by atoms with Crippen LogP contribution < -0.4 is 14.8 Å². The Hall–Kier alpha value is -3.81. The van der Waals surface area contributed by atoms with Crippen LogP contribution in [0.15, 0.2) is 54.7 Å². The fourth-order valence-corrected chi connectivity index (χ4v) is 3.08. The molecule has 0 saturated carbocycles. The lowest BCUT2D eigenvalue weighted by Gasteiger charge is -2.19. The SMILES string of the molecule is Cc1c(C(=O)OC(C)C(=O)Nc2ccc3c(c2)OCCO3)cnn1-c1ccccc1. The molecule has 154 valence electrons. The quantitative estimate of drug-likeness (QED) is 0.654. The molecule has 30 heavy (non-hydrogen) atoms. The second-order valence-corrected chi connectivity index (χ2v) is 6.79. The Morgan fingerprint density at radius 1 is 1.10 bits per heavy atom. The third-order valence-electron chi connectivity index (χ3n) is 4.69. The van der Waals surface area contributed by atoms with E-state index in [9.17, 15) is 9.59 Å². The van der Waals surface area contributed by atoms with E-state index in [1.807, 2.05) is 30.3 Å². The molecule has 1 aromatic heterocycles. The molecular formula is C22H21N3O5. The molecular weight excluding hydrogens is 386 g/mol. The van der Waals surface area contributed by atoms with Crippen molar-refractivity contribution in [2.24, 2.45) is 0 Å². The number of nitrogens with zero attached hydrogens (tertiary/aromatic N) is 2. The van der Waals surface area contributed by atoms with E-state index in [-0.39, 0.29) is 0 Å². The predicted octanol–water partition coefficient (Wildman–Crippen LogP) is 3.14. The molecule has 1 aliphatic heterocycles. The van der Waals surface area contributed by atoms with Gasteiger partial charge in [0.15, 0.2) is 17.6 Å². The zero-order valence-corrected chi connectivity index (χ0v) is 16.6. The molecule has 2 heterocycles. The highest BCUT2D eigenvalue weighted by Gasteiger charge is 2.23. The summed E-state index contributed by atoms with van der Waals surface area (Å²) in [5, 5.41) is 6.98. The molecule has 1 atom stereocenters. The number of carbonyl (C=O) groups is 2. The number of hydrogen-bond donors (Lipinski definition) is 1. The maximum atomic E-state index is 12.6. The summed E-state index contributed by atoms with van der Waals surface area (Å²) in [4.78, 5) is 25.1. The Bertz CT molecular complexity index is 1080. The maximum absolute atomic E-state index is 12.6. The van der Waals surface area contributed by atoms with Crippen LogP contribution >= 0.6 is 0 Å². The molecule has 0 aliphatic carbocycles. The summed E-state index contributed by atoms with van der Waals surface area (Å²) in [7, 11) is 0. The summed E-state index contributed by atoms with van der Waals surface area (Å²) in [6.45, 7) is 4.24. The third kappa shape index (κ3) is 3.98. The highest BCUT2D eigenvalue weighted by atomic mass is 16.6. The number of amides is 1. The average molecular weight is 407 g/mol. The van der Waals surface area contributed by atoms with Gasteiger partial charge in [-0.25, -0.2) is 9.48 Å². The lowest BCUT2D eigenvalue weighted by atomic mass is 10.2. The summed E-state index contributed by atoms with van der Waals surface area (Å²) >= 11 is 0. The maximum Gasteiger partial charge on any atom is 0.342 e. The number of ether oxygens (including phenoxy) is 3. The van der Waals surface area contributed by atoms with Gasteiger partial charge >= 0.3 is 5.97 Å². The Labute approximate surface area is 173 Å². The van der Waals surface area contributed by atoms with Crippen molar-refractivity contribution in [3.63, 3.8) is 0 Å². The van der Waals surface area contributed by atoms with Gasteiger partial charge in [0.25, 0.3) is 5.91 Å². The lowest BCUT2D eigenvalue weighted by Crippen LogP contribution is -2.30. The number of benzene rings is 2. The van der Waals surface area contributed by atoms with Crippen molar-refractivity contribution >= 4 is 17.6 Å². The molecule has 2 aromatic carbocycles. The van der Waals surface area contributed by atoms with Crippen LogP contribution in [0, 0.1) is 6.92 Å². The first-order valence-electron chi connectivity index (χ1n) is 9.54. The smallest absolute Gasteiger partial charge is 0.342 e. The van der Waals surface area contributed by atoms with Gasteiger partial charge in [-0.05, 0) is 38.1 Å². The molecule has 0 fully saturated rings. The van der Waals surface area contributed by atoms with Crippen LogP contribution in [0.4, 0.5) is 5.69 Å². The second kappa shape index (κ2) is 8.28. The van der Waals surface area contributed by atoms with E-state index in [1.165, 1.54) is 13.1 Å². The average Bonchev–Trinajstić information content (AvgIpc) is 3.15. The Morgan fingerprint density at radius 3 is 2.60 bits per heavy atom. The molecule has 1 N–H and O–H groups in total. The van der Waals surface area contributed by atoms with Crippen molar-refractivity contribution in [2.75, 3.05) is 18.5 Å². The number of aromatic nitrogens is 2. The first kappa shape index (κ1) is 19.5. The van der Waals surface area contributed by atoms with Crippen molar-refractivity contribution in [3.8, 4) is 17.2 Å². The second-order valence-electron chi connectivity index (χ2n) is 6.79. The van der Waals surface area contributed by atoms with Crippen LogP contribution in [0.5, 0.6) is 11.5 Å². The molecule has 0 bridgehead atoms. The predicted molar refractivity (Wildman–Crippen MR) is 109 cm³/mol. The molecule has 8 heteroatoms. The van der Waals surface area contributed by atoms with Gasteiger partial charge in [-0.3, -0.25) is 4.79 Å². The van der Waals surface area contributed by atoms with Crippen LogP contribution in [-0.4, -0.2) is 41.0 Å². The number of esters is 1. The molecule has 3 aromatic rings. The minimum atomic E-state index is -0.995. The molecule has 0 saturated heterocycles.